The highest BCUT2D eigenvalue weighted by atomic mass is 35.5. The van der Waals surface area contributed by atoms with Crippen LogP contribution in [0.15, 0.2) is 115 Å². The number of anilines is 1. The summed E-state index contributed by atoms with van der Waals surface area (Å²) in [6.45, 7) is 8.62. The minimum Gasteiger partial charge on any atom is -0.748 e. The fraction of sp³-hybridized carbons (Fsp3) is 0.438. The molecule has 0 spiro atoms. The maximum atomic E-state index is 14.5. The average Bonchev–Trinajstić information content (AvgIpc) is 1.59. The zero-order valence-corrected chi connectivity index (χ0v) is 52.4. The van der Waals surface area contributed by atoms with E-state index in [-0.39, 0.29) is 38.5 Å². The zero-order valence-electron chi connectivity index (χ0n) is 50.9. The number of nitrogens with one attached hydrogen (secondary N) is 2. The average molecular weight is 1250 g/mol. The van der Waals surface area contributed by atoms with E-state index in [1.807, 2.05) is 90.4 Å². The van der Waals surface area contributed by atoms with Crippen LogP contribution in [0, 0.1) is 12.8 Å². The van der Waals surface area contributed by atoms with Crippen molar-refractivity contribution in [3.63, 3.8) is 0 Å². The lowest BCUT2D eigenvalue weighted by Gasteiger charge is -2.42. The number of fused-ring (bicyclic) bond motifs is 9. The minimum absolute atomic E-state index is 0.0107. The van der Waals surface area contributed by atoms with E-state index in [0.29, 0.717) is 28.4 Å². The number of aryl methyl sites for hydroxylation is 2. The van der Waals surface area contributed by atoms with Gasteiger partial charge in [-0.2, -0.15) is 0 Å². The number of aromatic nitrogens is 1. The topological polar surface area (TPSA) is 271 Å². The first-order valence-electron chi connectivity index (χ1n) is 29.0. The number of halogens is 1. The van der Waals surface area contributed by atoms with Crippen LogP contribution in [0.2, 0.25) is 5.02 Å². The Bertz CT molecular complexity index is 3660. The molecule has 1 aromatic heterocycles. The van der Waals surface area contributed by atoms with Crippen LogP contribution in [0.4, 0.5) is 15.3 Å². The molecule has 3 aliphatic heterocycles. The number of carbonyl (C=O) groups excluding carboxylic acids is 6. The maximum absolute atomic E-state index is 14.5. The van der Waals surface area contributed by atoms with Crippen LogP contribution in [-0.4, -0.2) is 169 Å². The zero-order chi connectivity index (χ0) is 63.7. The number of amides is 5. The number of rotatable bonds is 16. The molecule has 88 heavy (non-hydrogen) atoms. The largest absolute Gasteiger partial charge is 0.748 e. The van der Waals surface area contributed by atoms with Gasteiger partial charge in [0.2, 0.25) is 17.7 Å². The van der Waals surface area contributed by atoms with Crippen LogP contribution in [-0.2, 0) is 72.5 Å². The number of methoxy groups -OCH3 is 1. The van der Waals surface area contributed by atoms with Crippen molar-refractivity contribution in [1.29, 1.82) is 0 Å². The van der Waals surface area contributed by atoms with Crippen LogP contribution in [0.3, 0.4) is 0 Å². The Morgan fingerprint density at radius 1 is 0.977 bits per heavy atom. The highest BCUT2D eigenvalue weighted by Gasteiger charge is 2.64. The van der Waals surface area contributed by atoms with Crippen LogP contribution in [0.1, 0.15) is 80.8 Å². The second-order valence-corrected chi connectivity index (χ2v) is 25.4. The number of carbonyl (C=O) groups is 6. The lowest BCUT2D eigenvalue weighted by atomic mass is 9.83. The van der Waals surface area contributed by atoms with Crippen molar-refractivity contribution in [2.24, 2.45) is 5.92 Å². The molecule has 0 radical (unpaired) electrons. The molecular weight excluding hydrogens is 1170 g/mol. The van der Waals surface area contributed by atoms with Gasteiger partial charge in [0.1, 0.15) is 42.6 Å². The minimum atomic E-state index is -5.19. The first-order valence-corrected chi connectivity index (χ1v) is 30.9. The molecule has 2 fully saturated rings. The van der Waals surface area contributed by atoms with Crippen LogP contribution >= 0.6 is 11.6 Å². The summed E-state index contributed by atoms with van der Waals surface area (Å²) in [5.41, 5.74) is 5.16. The van der Waals surface area contributed by atoms with E-state index in [0.717, 1.165) is 49.2 Å². The molecule has 5 aromatic rings. The fourth-order valence-electron chi connectivity index (χ4n) is 12.2. The second kappa shape index (κ2) is 26.2. The van der Waals surface area contributed by atoms with Gasteiger partial charge in [-0.15, -0.1) is 0 Å². The van der Waals surface area contributed by atoms with Crippen LogP contribution in [0.25, 0.3) is 22.0 Å². The van der Waals surface area contributed by atoms with Gasteiger partial charge in [-0.25, -0.2) is 32.8 Å². The van der Waals surface area contributed by atoms with Gasteiger partial charge in [-0.05, 0) is 91.1 Å². The van der Waals surface area contributed by atoms with E-state index in [4.69, 9.17) is 35.3 Å². The third-order valence-corrected chi connectivity index (χ3v) is 18.7. The van der Waals surface area contributed by atoms with Gasteiger partial charge in [-0.1, -0.05) is 115 Å². The van der Waals surface area contributed by atoms with Gasteiger partial charge in [0.15, 0.2) is 5.72 Å². The summed E-state index contributed by atoms with van der Waals surface area (Å²) < 4.78 is 68.9. The summed E-state index contributed by atoms with van der Waals surface area (Å²) in [6, 6.07) is 25.6. The van der Waals surface area contributed by atoms with Gasteiger partial charge >= 0.3 is 18.2 Å². The Balaban J connectivity index is 0.891. The summed E-state index contributed by atoms with van der Waals surface area (Å²) >= 11 is 6.86. The number of ether oxygens (including phenoxy) is 5. The van der Waals surface area contributed by atoms with E-state index in [2.05, 4.69) is 22.8 Å². The molecule has 470 valence electrons. The summed E-state index contributed by atoms with van der Waals surface area (Å²) in [4.78, 5) is 86.2. The summed E-state index contributed by atoms with van der Waals surface area (Å²) in [7, 11) is 2.20. The predicted molar refractivity (Wildman–Crippen MR) is 326 cm³/mol. The number of hydrazine groups is 1. The number of likely N-dealkylation sites (N-methyl/N-ethyl adjacent to an activating group) is 1. The molecule has 9 atom stereocenters. The molecule has 2 saturated heterocycles. The number of hydrogen-bond donors (Lipinski definition) is 3. The number of aliphatic hydroxyl groups is 1. The predicted octanol–water partition coefficient (Wildman–Crippen LogP) is 7.12. The van der Waals surface area contributed by atoms with Gasteiger partial charge < -0.3 is 53.0 Å². The molecule has 2 unspecified atom stereocenters. The van der Waals surface area contributed by atoms with Crippen molar-refractivity contribution in [2.75, 3.05) is 52.6 Å². The summed E-state index contributed by atoms with van der Waals surface area (Å²) in [5, 5.41) is 21.0. The van der Waals surface area contributed by atoms with E-state index < -0.39 is 112 Å². The normalized spacial score (nSPS) is 24.5. The molecule has 4 aliphatic rings. The van der Waals surface area contributed by atoms with E-state index >= 15 is 0 Å². The molecule has 3 N–H and O–H groups in total. The van der Waals surface area contributed by atoms with Crippen LogP contribution in [0.5, 0.6) is 0 Å². The van der Waals surface area contributed by atoms with Crippen molar-refractivity contribution >= 4 is 74.2 Å². The molecule has 9 rings (SSSR count). The number of para-hydroxylation sites is 1. The standard InChI is InChI=1S/C64H76ClN7O15S/c1-37-18-17-25-53(83-10)64(79)33-52(85-61(77)67-64)39(3)58-63(5,87-58)54(32-56(74)70(8)51-30-41(28-37)29-38(2)57(51)65)86-60(76)40(4)69(7)59(75)49(36-88(80,81)82)66-55(73)26-27-72-43(31-42-19-11-16-24-50(42)72)34-68(6)71(9)62(78)84-35-48-46-22-14-12-20-44(46)45-21-13-15-23-47(45)48/h11-25,29-31,39-40,48-49,52-54,58,79H,26-28,32-36H2,1-10H3,(H,66,73)(H,67,77)(H,80,81,82)/p-1/b25-17+,37-18+/t39-,40+,49?,52+,53-,54+,58?,63+,64-/m1/s1. The number of allylic oxidation sites excluding steroid dienone is 3. The molecule has 24 heteroatoms. The molecular formula is C64H75ClN7O15S-. The Morgan fingerprint density at radius 3 is 2.31 bits per heavy atom. The quantitative estimate of drug-likeness (QED) is 0.0292. The van der Waals surface area contributed by atoms with Gasteiger partial charge in [0.05, 0.1) is 45.7 Å². The summed E-state index contributed by atoms with van der Waals surface area (Å²) in [5.74, 6) is -5.73. The number of epoxide rings is 1. The number of nitrogens with zero attached hydrogens (tertiary/aromatic N) is 5. The summed E-state index contributed by atoms with van der Waals surface area (Å²) in [6.07, 6.45) is -1.13. The fourth-order valence-corrected chi connectivity index (χ4v) is 13.0. The lowest BCUT2D eigenvalue weighted by Crippen LogP contribution is -2.63. The van der Waals surface area contributed by atoms with Gasteiger partial charge in [0, 0.05) is 77.7 Å². The van der Waals surface area contributed by atoms with Crippen molar-refractivity contribution in [2.45, 2.75) is 127 Å². The Morgan fingerprint density at radius 2 is 1.64 bits per heavy atom. The number of hydrogen-bond acceptors (Lipinski definition) is 16. The van der Waals surface area contributed by atoms with Crippen molar-refractivity contribution < 1.29 is 70.5 Å². The third kappa shape index (κ3) is 13.9. The van der Waals surface area contributed by atoms with Gasteiger partial charge in [0.25, 0.3) is 0 Å². The number of alkyl carbamates (subject to hydrolysis) is 1. The second-order valence-electron chi connectivity index (χ2n) is 23.5. The lowest BCUT2D eigenvalue weighted by molar-refractivity contribution is -0.162. The number of benzene rings is 4. The SMILES string of the molecule is CO[C@@H]1/C=C/C=C(\C)Cc2cc(C)c(Cl)c(c2)N(C)C(=O)C[C@H](OC(=O)[C@H](C)N(C)C(=O)C(CS(=O)(=O)[O-])NC(=O)CCn2c(CN(C)N(C)C(=O)OCC3c4ccccc4-c4ccccc43)cc3ccccc32)[C@]2(C)OC2[C@H](C)[C@@H]2C[C@]1(O)NC(=O)O2. The molecule has 1 aliphatic carbocycles. The smallest absolute Gasteiger partial charge is 0.424 e. The van der Waals surface area contributed by atoms with E-state index in [9.17, 15) is 46.8 Å². The monoisotopic (exact) mass is 1250 g/mol. The molecule has 4 heterocycles. The molecule has 4 bridgehead atoms. The van der Waals surface area contributed by atoms with E-state index in [1.165, 1.54) is 38.0 Å². The Hall–Kier alpha value is -7.64. The van der Waals surface area contributed by atoms with Gasteiger partial charge in [-0.3, -0.25) is 19.7 Å². The Kier molecular flexibility index (Phi) is 19.3. The maximum Gasteiger partial charge on any atom is 0.424 e. The van der Waals surface area contributed by atoms with E-state index in [1.54, 1.807) is 58.1 Å². The first kappa shape index (κ1) is 64.8. The molecule has 0 saturated carbocycles. The number of esters is 1. The first-order chi connectivity index (χ1) is 41.6. The third-order valence-electron chi connectivity index (χ3n) is 17.4. The molecule has 22 nitrogen and oxygen atoms in total. The molecule has 5 amide bonds. The highest BCUT2D eigenvalue weighted by molar-refractivity contribution is 7.85. The highest BCUT2D eigenvalue weighted by Crippen LogP contribution is 2.50. The van der Waals surface area contributed by atoms with Crippen molar-refractivity contribution in [1.82, 2.24) is 30.1 Å². The van der Waals surface area contributed by atoms with Crippen LogP contribution < -0.4 is 15.5 Å². The van der Waals surface area contributed by atoms with Crippen molar-refractivity contribution in [3.8, 4) is 11.1 Å². The Labute approximate surface area is 517 Å². The van der Waals surface area contributed by atoms with Crippen molar-refractivity contribution in [3.05, 3.63) is 148 Å². The molecule has 4 aromatic carbocycles.